The molecule has 0 N–H and O–H groups in total. The quantitative estimate of drug-likeness (QED) is 0.135. The van der Waals surface area contributed by atoms with Gasteiger partial charge >= 0.3 is 51.4 Å². The third-order valence-corrected chi connectivity index (χ3v) is 22.6. The highest BCUT2D eigenvalue weighted by molar-refractivity contribution is 6.68. The summed E-state index contributed by atoms with van der Waals surface area (Å²) in [4.78, 5) is 0. The van der Waals surface area contributed by atoms with Gasteiger partial charge in [0, 0.05) is 184 Å². The van der Waals surface area contributed by atoms with Crippen molar-refractivity contribution in [2.75, 3.05) is 0 Å². The molecule has 0 fully saturated rings. The first-order valence-electron chi connectivity index (χ1n) is 25.1. The molecule has 0 aromatic heterocycles. The minimum Gasteiger partial charge on any atom is -0.512 e. The summed E-state index contributed by atoms with van der Waals surface area (Å²) in [7, 11) is -17.2. The average molecular weight is 1070 g/mol. The molecule has 0 saturated carbocycles. The number of hydrogen-bond acceptors (Lipinski definition) is 12. The summed E-state index contributed by atoms with van der Waals surface area (Å²) in [6, 6.07) is 25.9. The fourth-order valence-corrected chi connectivity index (χ4v) is 20.1. The maximum atomic E-state index is 7.02. The van der Waals surface area contributed by atoms with E-state index < -0.39 is 51.4 Å². The first kappa shape index (κ1) is 46.0. The molecule has 6 aromatic carbocycles. The predicted octanol–water partition coefficient (Wildman–Crippen LogP) is 12.4. The monoisotopic (exact) mass is 1070 g/mol. The molecule has 0 aliphatic carbocycles. The van der Waals surface area contributed by atoms with Crippen LogP contribution in [0.1, 0.15) is 66.8 Å². The third kappa shape index (κ3) is 8.46. The Bertz CT molecular complexity index is 2590. The Morgan fingerprint density at radius 1 is 0.181 bits per heavy atom. The van der Waals surface area contributed by atoms with E-state index >= 15 is 0 Å². The topological polar surface area (TPSA) is 111 Å². The molecule has 12 rings (SSSR count). The molecular weight excluding hydrogens is 1010 g/mol. The SMILES string of the molecule is C[Si]1(C)Oc2cc3c4cc2Cc2cc5c(cc2O1)Cc1cc2c(cc1O[Si](C)(C)O5)Cc1cc5c(cc1O[Si](C)(C)O2)Cc1cc2c(cc1O[Si](C)(C)O5)Cc1cc(c(cc1O[Si](C)(C)O2)C3)O[Si](C)(C)O4. The van der Waals surface area contributed by atoms with Crippen LogP contribution in [0, 0.1) is 0 Å². The molecule has 6 heterocycles. The minimum atomic E-state index is -2.86. The summed E-state index contributed by atoms with van der Waals surface area (Å²) >= 11 is 0. The van der Waals surface area contributed by atoms with Crippen LogP contribution in [0.25, 0.3) is 0 Å². The lowest BCUT2D eigenvalue weighted by molar-refractivity contribution is 0.371. The second-order valence-electron chi connectivity index (χ2n) is 23.1. The third-order valence-electron chi connectivity index (χ3n) is 14.0. The zero-order valence-electron chi connectivity index (χ0n) is 43.1. The van der Waals surface area contributed by atoms with Crippen LogP contribution in [-0.4, -0.2) is 51.4 Å². The normalized spacial score (nSPS) is 20.5. The lowest BCUT2D eigenvalue weighted by atomic mass is 9.93. The van der Waals surface area contributed by atoms with E-state index in [1.807, 2.05) is 0 Å². The molecule has 18 heteroatoms. The van der Waals surface area contributed by atoms with Crippen LogP contribution in [0.4, 0.5) is 0 Å². The van der Waals surface area contributed by atoms with Gasteiger partial charge in [0.15, 0.2) is 0 Å². The molecule has 372 valence electrons. The zero-order chi connectivity index (χ0) is 50.1. The van der Waals surface area contributed by atoms with Crippen LogP contribution in [0.5, 0.6) is 69.0 Å². The summed E-state index contributed by atoms with van der Waals surface area (Å²) < 4.78 is 84.3. The van der Waals surface area contributed by atoms with Crippen molar-refractivity contribution in [2.24, 2.45) is 0 Å². The second-order valence-corrected chi connectivity index (χ2v) is 42.3. The summed E-state index contributed by atoms with van der Waals surface area (Å²) in [5.41, 5.74) is 12.1. The first-order chi connectivity index (χ1) is 33.8. The Morgan fingerprint density at radius 2 is 0.264 bits per heavy atom. The fraction of sp³-hybridized carbons (Fsp3) is 0.333. The maximum Gasteiger partial charge on any atom is 0.454 e. The van der Waals surface area contributed by atoms with E-state index in [0.29, 0.717) is 38.5 Å². The van der Waals surface area contributed by atoms with Gasteiger partial charge in [-0.15, -0.1) is 0 Å². The Labute approximate surface area is 427 Å². The molecule has 0 radical (unpaired) electrons. The van der Waals surface area contributed by atoms with Crippen molar-refractivity contribution < 1.29 is 53.1 Å². The second kappa shape index (κ2) is 15.4. The molecule has 72 heavy (non-hydrogen) atoms. The van der Waals surface area contributed by atoms with Gasteiger partial charge < -0.3 is 53.1 Å². The molecule has 6 aliphatic heterocycles. The van der Waals surface area contributed by atoms with Gasteiger partial charge in [-0.1, -0.05) is 0 Å². The number of rotatable bonds is 0. The van der Waals surface area contributed by atoms with Gasteiger partial charge in [-0.2, -0.15) is 0 Å². The van der Waals surface area contributed by atoms with Crippen molar-refractivity contribution in [3.05, 3.63) is 140 Å². The molecule has 12 nitrogen and oxygen atoms in total. The van der Waals surface area contributed by atoms with Crippen LogP contribution in [0.15, 0.2) is 72.8 Å². The van der Waals surface area contributed by atoms with Crippen molar-refractivity contribution in [1.29, 1.82) is 0 Å². The van der Waals surface area contributed by atoms with E-state index in [9.17, 15) is 0 Å². The number of fused-ring (bicyclic) bond motifs is 12. The molecule has 6 aliphatic rings. The molecule has 0 spiro atoms. The Morgan fingerprint density at radius 3 is 0.347 bits per heavy atom. The molecule has 0 saturated heterocycles. The molecular formula is C54H60O12Si6. The summed E-state index contributed by atoms with van der Waals surface area (Å²) in [6.07, 6.45) is 3.22. The molecule has 0 unspecified atom stereocenters. The van der Waals surface area contributed by atoms with Gasteiger partial charge in [-0.05, 0) is 72.8 Å². The van der Waals surface area contributed by atoms with Crippen molar-refractivity contribution in [1.82, 2.24) is 0 Å². The van der Waals surface area contributed by atoms with Gasteiger partial charge in [-0.25, -0.2) is 0 Å². The molecule has 0 amide bonds. The molecule has 0 bridgehead atoms. The van der Waals surface area contributed by atoms with E-state index in [0.717, 1.165) is 136 Å². The smallest absolute Gasteiger partial charge is 0.454 e. The highest BCUT2D eigenvalue weighted by atomic mass is 28.4. The largest absolute Gasteiger partial charge is 0.512 e. The van der Waals surface area contributed by atoms with Crippen LogP contribution in [0.3, 0.4) is 0 Å². The van der Waals surface area contributed by atoms with Crippen molar-refractivity contribution in [3.63, 3.8) is 0 Å². The van der Waals surface area contributed by atoms with E-state index in [1.165, 1.54) is 0 Å². The van der Waals surface area contributed by atoms with Crippen molar-refractivity contribution in [3.8, 4) is 69.0 Å². The zero-order valence-corrected chi connectivity index (χ0v) is 49.1. The Kier molecular flexibility index (Phi) is 9.84. The van der Waals surface area contributed by atoms with Gasteiger partial charge in [-0.3, -0.25) is 0 Å². The van der Waals surface area contributed by atoms with Crippen LogP contribution < -0.4 is 53.1 Å². The lowest BCUT2D eigenvalue weighted by Gasteiger charge is -2.36. The van der Waals surface area contributed by atoms with Gasteiger partial charge in [0.25, 0.3) is 0 Å². The average Bonchev–Trinajstić information content (AvgIpc) is 3.22. The van der Waals surface area contributed by atoms with Crippen LogP contribution in [0.2, 0.25) is 78.6 Å². The Balaban J connectivity index is 1.05. The summed E-state index contributed by atoms with van der Waals surface area (Å²) in [5, 5.41) is 0. The minimum absolute atomic E-state index is 0.536. The van der Waals surface area contributed by atoms with Gasteiger partial charge in [0.2, 0.25) is 0 Å². The fourth-order valence-electron chi connectivity index (χ4n) is 11.2. The number of benzene rings is 6. The van der Waals surface area contributed by atoms with Crippen molar-refractivity contribution in [2.45, 2.75) is 117 Å². The number of hydrogen-bond donors (Lipinski definition) is 0. The molecule has 0 atom stereocenters. The predicted molar refractivity (Wildman–Crippen MR) is 288 cm³/mol. The Hall–Kier alpha value is -5.78. The van der Waals surface area contributed by atoms with Crippen molar-refractivity contribution >= 4 is 51.4 Å². The van der Waals surface area contributed by atoms with Crippen LogP contribution >= 0.6 is 0 Å². The maximum absolute atomic E-state index is 7.02. The van der Waals surface area contributed by atoms with Gasteiger partial charge in [0.1, 0.15) is 69.0 Å². The standard InChI is InChI=1S/C54H60O12Si6/c1-67(2)55-43-19-33-14-35-23-49-37-16-39-27-53-41(29-51(39)63-70(7,8)61-49)18-42-30-52-40(28-54(42)66-72(11,12)65-53)17-38-26-48-36(24-50(38)62-71(9,10)64-52)15-34-20-44(56-67)32(22-46(34)58-69(5,6)60-48)13-31(43)21-45(33)57-68(3,4)59-47(35)25-37/h19-30H,13-18H2,1-12H3. The lowest BCUT2D eigenvalue weighted by Crippen LogP contribution is -2.45. The van der Waals surface area contributed by atoms with E-state index in [2.05, 4.69) is 151 Å². The highest BCUT2D eigenvalue weighted by Gasteiger charge is 2.43. The molecule has 6 aromatic rings. The van der Waals surface area contributed by atoms with E-state index in [1.54, 1.807) is 0 Å². The van der Waals surface area contributed by atoms with Crippen LogP contribution in [-0.2, 0) is 38.5 Å². The highest BCUT2D eigenvalue weighted by Crippen LogP contribution is 2.49. The summed E-state index contributed by atoms with van der Waals surface area (Å²) in [5.74, 6) is 9.53. The van der Waals surface area contributed by atoms with E-state index in [4.69, 9.17) is 53.1 Å². The van der Waals surface area contributed by atoms with E-state index in [-0.39, 0.29) is 0 Å². The summed E-state index contributed by atoms with van der Waals surface area (Å²) in [6.45, 7) is 25.2. The first-order valence-corrected chi connectivity index (χ1v) is 42.0. The van der Waals surface area contributed by atoms with Gasteiger partial charge in [0.05, 0.1) is 0 Å².